The summed E-state index contributed by atoms with van der Waals surface area (Å²) in [4.78, 5) is 24.6. The number of halogens is 2. The lowest BCUT2D eigenvalue weighted by molar-refractivity contribution is -0.141. The molecule has 2 amide bonds. The largest absolute Gasteiger partial charge is 0.480 e. The molecule has 1 aliphatic rings. The molecule has 1 atom stereocenters. The highest BCUT2D eigenvalue weighted by molar-refractivity contribution is 14.1. The Balaban J connectivity index is 2.12. The minimum absolute atomic E-state index is 0.360. The van der Waals surface area contributed by atoms with Gasteiger partial charge in [-0.25, -0.2) is 9.59 Å². The van der Waals surface area contributed by atoms with Gasteiger partial charge in [0.1, 0.15) is 6.04 Å². The summed E-state index contributed by atoms with van der Waals surface area (Å²) >= 11 is 5.46. The van der Waals surface area contributed by atoms with Gasteiger partial charge >= 0.3 is 12.0 Å². The lowest BCUT2D eigenvalue weighted by Crippen LogP contribution is -2.42. The third-order valence-electron chi connectivity index (χ3n) is 2.97. The van der Waals surface area contributed by atoms with Crippen molar-refractivity contribution >= 4 is 56.2 Å². The van der Waals surface area contributed by atoms with E-state index in [2.05, 4.69) is 43.8 Å². The van der Waals surface area contributed by atoms with Gasteiger partial charge in [-0.2, -0.15) is 0 Å². The fourth-order valence-electron chi connectivity index (χ4n) is 2.05. The van der Waals surface area contributed by atoms with E-state index in [1.807, 2.05) is 12.1 Å². The van der Waals surface area contributed by atoms with Crippen LogP contribution in [0.4, 0.5) is 10.5 Å². The Morgan fingerprint density at radius 3 is 2.89 bits per heavy atom. The van der Waals surface area contributed by atoms with E-state index in [1.54, 1.807) is 6.07 Å². The molecule has 0 aliphatic carbocycles. The molecule has 0 bridgehead atoms. The van der Waals surface area contributed by atoms with Gasteiger partial charge in [-0.05, 0) is 53.6 Å². The van der Waals surface area contributed by atoms with Crippen LogP contribution in [0.2, 0.25) is 0 Å². The number of carboxylic acids is 1. The topological polar surface area (TPSA) is 69.6 Å². The fourth-order valence-corrected chi connectivity index (χ4v) is 2.88. The van der Waals surface area contributed by atoms with Crippen LogP contribution in [0.5, 0.6) is 0 Å². The molecule has 5 nitrogen and oxygen atoms in total. The van der Waals surface area contributed by atoms with Crippen molar-refractivity contribution in [3.63, 3.8) is 0 Å². The fraction of sp³-hybridized carbons (Fsp3) is 0.333. The number of benzene rings is 1. The lowest BCUT2D eigenvalue weighted by Gasteiger charge is -2.22. The van der Waals surface area contributed by atoms with E-state index in [4.69, 9.17) is 5.11 Å². The number of carbonyl (C=O) groups excluding carboxylic acids is 1. The number of aliphatic carboxylic acids is 1. The molecule has 0 spiro atoms. The van der Waals surface area contributed by atoms with Crippen molar-refractivity contribution in [2.75, 3.05) is 11.9 Å². The van der Waals surface area contributed by atoms with Crippen molar-refractivity contribution in [3.8, 4) is 0 Å². The van der Waals surface area contributed by atoms with Gasteiger partial charge in [0.15, 0.2) is 0 Å². The summed E-state index contributed by atoms with van der Waals surface area (Å²) in [5.74, 6) is -0.948. The number of rotatable bonds is 2. The minimum atomic E-state index is -0.948. The van der Waals surface area contributed by atoms with Gasteiger partial charge in [0.2, 0.25) is 0 Å². The Labute approximate surface area is 132 Å². The van der Waals surface area contributed by atoms with Gasteiger partial charge < -0.3 is 15.3 Å². The van der Waals surface area contributed by atoms with Crippen LogP contribution in [0.25, 0.3) is 0 Å². The number of anilines is 1. The number of nitrogens with one attached hydrogen (secondary N) is 1. The van der Waals surface area contributed by atoms with Crippen molar-refractivity contribution in [1.82, 2.24) is 4.90 Å². The Hall–Kier alpha value is -0.830. The number of nitrogens with zero attached hydrogens (tertiary/aromatic N) is 1. The van der Waals surface area contributed by atoms with Gasteiger partial charge in [0.25, 0.3) is 0 Å². The zero-order valence-corrected chi connectivity index (χ0v) is 13.6. The molecule has 1 saturated heterocycles. The number of carbonyl (C=O) groups is 2. The number of carboxylic acid groups (broad SMARTS) is 1. The van der Waals surface area contributed by atoms with Crippen molar-refractivity contribution in [1.29, 1.82) is 0 Å². The number of amides is 2. The second kappa shape index (κ2) is 6.08. The van der Waals surface area contributed by atoms with Crippen LogP contribution in [-0.2, 0) is 4.79 Å². The van der Waals surface area contributed by atoms with Gasteiger partial charge in [-0.3, -0.25) is 0 Å². The average molecular weight is 439 g/mol. The highest BCUT2D eigenvalue weighted by Crippen LogP contribution is 2.25. The summed E-state index contributed by atoms with van der Waals surface area (Å²) in [6.07, 6.45) is 1.23. The van der Waals surface area contributed by atoms with E-state index in [9.17, 15) is 9.59 Å². The molecule has 102 valence electrons. The highest BCUT2D eigenvalue weighted by atomic mass is 127. The number of hydrogen-bond donors (Lipinski definition) is 2. The molecule has 1 fully saturated rings. The van der Waals surface area contributed by atoms with Gasteiger partial charge in [-0.15, -0.1) is 0 Å². The first-order valence-electron chi connectivity index (χ1n) is 5.74. The molecule has 0 aromatic heterocycles. The van der Waals surface area contributed by atoms with Crippen LogP contribution < -0.4 is 5.32 Å². The second-order valence-corrected chi connectivity index (χ2v) is 6.32. The van der Waals surface area contributed by atoms with Crippen molar-refractivity contribution in [2.45, 2.75) is 18.9 Å². The first-order chi connectivity index (χ1) is 8.99. The SMILES string of the molecule is O=C(O)[C@@H]1CCCN1C(=O)Nc1cc(Br)ccc1I. The first kappa shape index (κ1) is 14.6. The summed E-state index contributed by atoms with van der Waals surface area (Å²) in [7, 11) is 0. The monoisotopic (exact) mass is 438 g/mol. The summed E-state index contributed by atoms with van der Waals surface area (Å²) in [5, 5.41) is 11.8. The molecule has 1 aromatic rings. The molecular weight excluding hydrogens is 427 g/mol. The van der Waals surface area contributed by atoms with Crippen LogP contribution in [0.15, 0.2) is 22.7 Å². The maximum atomic E-state index is 12.1. The predicted octanol–water partition coefficient (Wildman–Crippen LogP) is 3.13. The Morgan fingerprint density at radius 2 is 2.21 bits per heavy atom. The standard InChI is InChI=1S/C12H12BrIN2O3/c13-7-3-4-8(14)9(6-7)15-12(19)16-5-1-2-10(16)11(17)18/h3-4,6,10H,1-2,5H2,(H,15,19)(H,17,18)/t10-/m0/s1. The Bertz CT molecular complexity index is 524. The van der Waals surface area contributed by atoms with Crippen LogP contribution in [0.1, 0.15) is 12.8 Å². The minimum Gasteiger partial charge on any atom is -0.480 e. The zero-order chi connectivity index (χ0) is 14.0. The molecule has 0 unspecified atom stereocenters. The maximum Gasteiger partial charge on any atom is 0.326 e. The summed E-state index contributed by atoms with van der Waals surface area (Å²) in [6, 6.07) is 4.48. The smallest absolute Gasteiger partial charge is 0.326 e. The lowest BCUT2D eigenvalue weighted by atomic mass is 10.2. The molecule has 7 heteroatoms. The third-order valence-corrected chi connectivity index (χ3v) is 4.40. The van der Waals surface area contributed by atoms with E-state index in [0.717, 1.165) is 14.5 Å². The molecule has 1 aliphatic heterocycles. The van der Waals surface area contributed by atoms with E-state index in [0.29, 0.717) is 18.7 Å². The summed E-state index contributed by atoms with van der Waals surface area (Å²) in [5.41, 5.74) is 0.677. The van der Waals surface area contributed by atoms with Crippen LogP contribution >= 0.6 is 38.5 Å². The summed E-state index contributed by atoms with van der Waals surface area (Å²) < 4.78 is 1.76. The number of urea groups is 1. The molecule has 0 radical (unpaired) electrons. The van der Waals surface area contributed by atoms with Crippen molar-refractivity contribution in [3.05, 3.63) is 26.2 Å². The maximum absolute atomic E-state index is 12.1. The zero-order valence-electron chi connectivity index (χ0n) is 9.90. The number of hydrogen-bond acceptors (Lipinski definition) is 2. The molecule has 1 aromatic carbocycles. The van der Waals surface area contributed by atoms with Gasteiger partial charge in [0, 0.05) is 14.6 Å². The Kier molecular flexibility index (Phi) is 4.67. The number of likely N-dealkylation sites (tertiary alicyclic amines) is 1. The van der Waals surface area contributed by atoms with Crippen molar-refractivity contribution < 1.29 is 14.7 Å². The van der Waals surface area contributed by atoms with Gasteiger partial charge in [-0.1, -0.05) is 15.9 Å². The molecule has 1 heterocycles. The van der Waals surface area contributed by atoms with Crippen LogP contribution in [-0.4, -0.2) is 34.6 Å². The predicted molar refractivity (Wildman–Crippen MR) is 83.2 cm³/mol. The Morgan fingerprint density at radius 1 is 1.47 bits per heavy atom. The van der Waals surface area contributed by atoms with E-state index < -0.39 is 12.0 Å². The van der Waals surface area contributed by atoms with Crippen LogP contribution in [0.3, 0.4) is 0 Å². The molecule has 19 heavy (non-hydrogen) atoms. The summed E-state index contributed by atoms with van der Waals surface area (Å²) in [6.45, 7) is 0.480. The van der Waals surface area contributed by atoms with E-state index in [-0.39, 0.29) is 6.03 Å². The second-order valence-electron chi connectivity index (χ2n) is 4.24. The third kappa shape index (κ3) is 3.38. The van der Waals surface area contributed by atoms with Gasteiger partial charge in [0.05, 0.1) is 5.69 Å². The van der Waals surface area contributed by atoms with E-state index >= 15 is 0 Å². The molecule has 2 rings (SSSR count). The van der Waals surface area contributed by atoms with Crippen molar-refractivity contribution in [2.24, 2.45) is 0 Å². The molecule has 0 saturated carbocycles. The molecular formula is C12H12BrIN2O3. The quantitative estimate of drug-likeness (QED) is 0.697. The van der Waals surface area contributed by atoms with E-state index in [1.165, 1.54) is 4.90 Å². The molecule has 2 N–H and O–H groups in total. The average Bonchev–Trinajstić information content (AvgIpc) is 2.83. The normalized spacial score (nSPS) is 18.4. The first-order valence-corrected chi connectivity index (χ1v) is 7.61. The highest BCUT2D eigenvalue weighted by Gasteiger charge is 2.34. The van der Waals surface area contributed by atoms with Crippen LogP contribution in [0, 0.1) is 3.57 Å².